The zero-order valence-electron chi connectivity index (χ0n) is 40.6. The second-order valence-corrected chi connectivity index (χ2v) is 17.4. The van der Waals surface area contributed by atoms with Gasteiger partial charge in [0.2, 0.25) is 17.8 Å². The lowest BCUT2D eigenvalue weighted by Crippen LogP contribution is -2.48. The number of fused-ring (bicyclic) bond motifs is 1. The maximum Gasteiger partial charge on any atom is 0.321 e. The fraction of sp³-hybridized carbons (Fsp3) is 0.638. The number of carboxylic acids is 2. The Morgan fingerprint density at radius 1 is 0.843 bits per heavy atom. The molecule has 0 saturated carbocycles. The number of aliphatic imine (C=N–C) groups is 1. The number of thioether (sulfide) groups is 1. The highest BCUT2D eigenvalue weighted by atomic mass is 32.2. The molecule has 1 fully saturated rings. The average Bonchev–Trinajstić information content (AvgIpc) is 3.75. The number of hydrogen-bond acceptors (Lipinski definition) is 18. The molecule has 1 aromatic carbocycles. The van der Waals surface area contributed by atoms with Gasteiger partial charge < -0.3 is 69.6 Å². The third-order valence-corrected chi connectivity index (χ3v) is 12.2. The van der Waals surface area contributed by atoms with E-state index in [1.165, 1.54) is 0 Å². The summed E-state index contributed by atoms with van der Waals surface area (Å²) in [5, 5.41) is 20.6. The van der Waals surface area contributed by atoms with Crippen molar-refractivity contribution in [2.24, 2.45) is 16.6 Å². The lowest BCUT2D eigenvalue weighted by atomic mass is 10.1. The number of nitrogens with zero attached hydrogens (tertiary/aromatic N) is 6. The van der Waals surface area contributed by atoms with E-state index in [1.807, 2.05) is 23.4 Å². The zero-order valence-corrected chi connectivity index (χ0v) is 41.5. The van der Waals surface area contributed by atoms with E-state index in [0.717, 1.165) is 78.6 Å². The van der Waals surface area contributed by atoms with Crippen LogP contribution in [0.4, 0.5) is 11.8 Å². The number of piperazine rings is 1. The van der Waals surface area contributed by atoms with Crippen LogP contribution in [0, 0.1) is 5.92 Å². The first-order valence-electron chi connectivity index (χ1n) is 23.8. The smallest absolute Gasteiger partial charge is 0.321 e. The third-order valence-electron chi connectivity index (χ3n) is 10.9. The van der Waals surface area contributed by atoms with Crippen LogP contribution < -0.4 is 21.5 Å². The number of aromatic nitrogens is 3. The molecule has 22 nitrogen and oxygen atoms in total. The Balaban J connectivity index is 0.949. The fourth-order valence-electron chi connectivity index (χ4n) is 7.14. The summed E-state index contributed by atoms with van der Waals surface area (Å²) in [4.78, 5) is 65.0. The number of nitrogen functional groups attached to an aromatic ring is 1. The van der Waals surface area contributed by atoms with Gasteiger partial charge in [-0.15, -0.1) is 0 Å². The van der Waals surface area contributed by atoms with Crippen LogP contribution in [-0.4, -0.2) is 201 Å². The second kappa shape index (κ2) is 33.6. The van der Waals surface area contributed by atoms with Gasteiger partial charge in [-0.2, -0.15) is 16.7 Å². The molecule has 0 unspecified atom stereocenters. The molecule has 1 aliphatic rings. The minimum atomic E-state index is -1.16. The fourth-order valence-corrected chi connectivity index (χ4v) is 8.23. The van der Waals surface area contributed by atoms with Crippen LogP contribution in [0.1, 0.15) is 50.2 Å². The van der Waals surface area contributed by atoms with Crippen LogP contribution in [0.2, 0.25) is 0 Å². The van der Waals surface area contributed by atoms with Crippen LogP contribution in [-0.2, 0) is 60.7 Å². The van der Waals surface area contributed by atoms with Gasteiger partial charge in [0.25, 0.3) is 0 Å². The van der Waals surface area contributed by atoms with Crippen molar-refractivity contribution in [2.45, 2.75) is 58.2 Å². The summed E-state index contributed by atoms with van der Waals surface area (Å²) in [6.07, 6.45) is 6.84. The molecule has 2 atom stereocenters. The van der Waals surface area contributed by atoms with Crippen molar-refractivity contribution >= 4 is 64.5 Å². The highest BCUT2D eigenvalue weighted by molar-refractivity contribution is 7.99. The van der Waals surface area contributed by atoms with Gasteiger partial charge in [0, 0.05) is 68.7 Å². The predicted molar refractivity (Wildman–Crippen MR) is 265 cm³/mol. The van der Waals surface area contributed by atoms with Gasteiger partial charge in [0.05, 0.1) is 117 Å². The van der Waals surface area contributed by atoms with Gasteiger partial charge in [-0.05, 0) is 30.5 Å². The first-order valence-corrected chi connectivity index (χ1v) is 25.0. The third kappa shape index (κ3) is 22.0. The molecule has 3 heterocycles. The lowest BCUT2D eigenvalue weighted by molar-refractivity contribution is -0.140. The van der Waals surface area contributed by atoms with Gasteiger partial charge in [-0.25, -0.2) is 9.98 Å². The summed E-state index contributed by atoms with van der Waals surface area (Å²) < 4.78 is 41.1. The van der Waals surface area contributed by atoms with Crippen LogP contribution in [0.25, 0.3) is 11.0 Å². The van der Waals surface area contributed by atoms with E-state index < -0.39 is 29.8 Å². The van der Waals surface area contributed by atoms with Gasteiger partial charge in [0.1, 0.15) is 17.3 Å². The van der Waals surface area contributed by atoms with Gasteiger partial charge in [-0.3, -0.25) is 24.1 Å². The molecule has 0 radical (unpaired) electrons. The van der Waals surface area contributed by atoms with Crippen LogP contribution in [0.15, 0.2) is 35.5 Å². The van der Waals surface area contributed by atoms with Crippen LogP contribution >= 0.6 is 11.8 Å². The van der Waals surface area contributed by atoms with Crippen LogP contribution in [0.5, 0.6) is 5.75 Å². The van der Waals surface area contributed by atoms with Crippen molar-refractivity contribution in [3.05, 3.63) is 41.6 Å². The summed E-state index contributed by atoms with van der Waals surface area (Å²) >= 11 is 1.12. The summed E-state index contributed by atoms with van der Waals surface area (Å²) in [7, 11) is 1.68. The number of hydrogen-bond donors (Lipinski definition) is 5. The molecule has 4 rings (SSSR count). The summed E-state index contributed by atoms with van der Waals surface area (Å²) in [6, 6.07) is 7.16. The number of ether oxygens (including phenoxy) is 7. The number of carbonyl (C=O) groups excluding carboxylic acids is 2. The van der Waals surface area contributed by atoms with Crippen molar-refractivity contribution < 1.29 is 62.5 Å². The van der Waals surface area contributed by atoms with E-state index in [4.69, 9.17) is 54.8 Å². The maximum atomic E-state index is 12.9. The highest BCUT2D eigenvalue weighted by Gasteiger charge is 2.24. The first kappa shape index (κ1) is 57.6. The molecule has 390 valence electrons. The standard InChI is InChI=1S/C47H73N9O13S/c1-3-4-5-10-50-44-43-39(52-47(49)53-44)8-12-56(43)32-36-7-6-35(29-40(36)63-2)31-54-13-15-55(16-14-54)41(57)9-17-64-19-21-66-23-25-68-27-28-69-26-24-67-22-20-65-18-11-51-45(60)37(30-42(58)59)33-70-34-38(48)46(61)62/h6-8,10,12,29,37-38H,3-5,9,11,13-28,30-34,48H2,1-2H3,(H,51,60)(H,58,59)(H,61,62)(H2,49,52,53)/t37-,38+/m1/s1. The molecule has 23 heteroatoms. The minimum absolute atomic E-state index is 0.0719. The number of unbranched alkanes of at least 4 members (excludes halogenated alkanes) is 2. The molecule has 2 amide bonds. The molecular weight excluding hydrogens is 931 g/mol. The zero-order chi connectivity index (χ0) is 50.4. The Morgan fingerprint density at radius 3 is 2.07 bits per heavy atom. The number of anilines is 1. The monoisotopic (exact) mass is 1000 g/mol. The number of benzene rings is 1. The van der Waals surface area contributed by atoms with Crippen molar-refractivity contribution in [3.8, 4) is 5.75 Å². The Hall–Kier alpha value is -4.98. The lowest BCUT2D eigenvalue weighted by Gasteiger charge is -2.35. The van der Waals surface area contributed by atoms with Crippen molar-refractivity contribution in [2.75, 3.05) is 136 Å². The molecule has 2 aromatic heterocycles. The minimum Gasteiger partial charge on any atom is -0.496 e. The maximum absolute atomic E-state index is 12.9. The Bertz CT molecular complexity index is 2050. The van der Waals surface area contributed by atoms with E-state index in [1.54, 1.807) is 7.11 Å². The van der Waals surface area contributed by atoms with Gasteiger partial charge in [0.15, 0.2) is 5.82 Å². The van der Waals surface area contributed by atoms with Gasteiger partial charge in [-0.1, -0.05) is 25.5 Å². The summed E-state index contributed by atoms with van der Waals surface area (Å²) in [6.45, 7) is 10.9. The van der Waals surface area contributed by atoms with Crippen molar-refractivity contribution in [1.29, 1.82) is 0 Å². The number of nitrogens with two attached hydrogens (primary N) is 2. The molecule has 1 aliphatic heterocycles. The molecule has 1 saturated heterocycles. The van der Waals surface area contributed by atoms with E-state index in [2.05, 4.69) is 54.9 Å². The molecule has 0 aliphatic carbocycles. The SMILES string of the molecule is CCCCC=Nc1nc(N)nc2ccn(Cc3ccc(CN4CCN(C(=O)CCOCCOCCOCCOCCOCCOCCNC(=O)[C@@H](CSC[C@H](N)C(=O)O)CC(=O)O)CC4)cc3OC)c12. The highest BCUT2D eigenvalue weighted by Crippen LogP contribution is 2.29. The average molecular weight is 1000 g/mol. The number of amides is 2. The Kier molecular flexibility index (Phi) is 27.6. The largest absolute Gasteiger partial charge is 0.496 e. The summed E-state index contributed by atoms with van der Waals surface area (Å²) in [5.74, 6) is -1.69. The molecule has 0 bridgehead atoms. The molecule has 70 heavy (non-hydrogen) atoms. The molecule has 0 spiro atoms. The van der Waals surface area contributed by atoms with E-state index >= 15 is 0 Å². The molecular formula is C47H73N9O13S. The van der Waals surface area contributed by atoms with Crippen molar-refractivity contribution in [3.63, 3.8) is 0 Å². The Morgan fingerprint density at radius 2 is 1.47 bits per heavy atom. The topological polar surface area (TPSA) is 287 Å². The summed E-state index contributed by atoms with van der Waals surface area (Å²) in [5.41, 5.74) is 15.2. The van der Waals surface area contributed by atoms with Gasteiger partial charge >= 0.3 is 11.9 Å². The van der Waals surface area contributed by atoms with Crippen LogP contribution in [0.3, 0.4) is 0 Å². The number of carbonyl (C=O) groups is 4. The van der Waals surface area contributed by atoms with E-state index in [-0.39, 0.29) is 42.9 Å². The molecule has 3 aromatic rings. The number of rotatable bonds is 38. The molecule has 7 N–H and O–H groups in total. The number of carboxylic acid groups (broad SMARTS) is 2. The van der Waals surface area contributed by atoms with E-state index in [0.29, 0.717) is 105 Å². The second-order valence-electron chi connectivity index (χ2n) is 16.3. The van der Waals surface area contributed by atoms with Crippen molar-refractivity contribution in [1.82, 2.24) is 29.7 Å². The first-order chi connectivity index (χ1) is 34.0. The van der Waals surface area contributed by atoms with E-state index in [9.17, 15) is 19.2 Å². The normalized spacial score (nSPS) is 14.1. The Labute approximate surface area is 414 Å². The number of aliphatic carboxylic acids is 2. The predicted octanol–water partition coefficient (Wildman–Crippen LogP) is 2.45. The quantitative estimate of drug-likeness (QED) is 0.0407. The number of nitrogens with one attached hydrogen (secondary N) is 1. The number of methoxy groups -OCH3 is 1.